The third-order valence-electron chi connectivity index (χ3n) is 8.47. The lowest BCUT2D eigenvalue weighted by Crippen LogP contribution is -2.70. The number of halogens is 3. The van der Waals surface area contributed by atoms with Crippen molar-refractivity contribution in [2.75, 3.05) is 35.2 Å². The summed E-state index contributed by atoms with van der Waals surface area (Å²) in [6.07, 6.45) is 3.93. The molecule has 1 aromatic carbocycles. The van der Waals surface area contributed by atoms with Gasteiger partial charge in [0.1, 0.15) is 5.02 Å². The quantitative estimate of drug-likeness (QED) is 0.488. The van der Waals surface area contributed by atoms with Crippen molar-refractivity contribution >= 4 is 51.6 Å². The maximum atomic E-state index is 15.0. The minimum atomic E-state index is -3.12. The number of rotatable bonds is 4. The van der Waals surface area contributed by atoms with Crippen LogP contribution >= 0.6 is 11.6 Å². The maximum Gasteiger partial charge on any atom is 0.301 e. The van der Waals surface area contributed by atoms with Gasteiger partial charge in [-0.3, -0.25) is 9.59 Å². The van der Waals surface area contributed by atoms with Crippen LogP contribution in [0.1, 0.15) is 26.2 Å². The summed E-state index contributed by atoms with van der Waals surface area (Å²) in [6.45, 7) is 1.99. The summed E-state index contributed by atoms with van der Waals surface area (Å²) in [4.78, 5) is 38.0. The van der Waals surface area contributed by atoms with Crippen molar-refractivity contribution in [3.05, 3.63) is 39.8 Å². The number of fused-ring (bicyclic) bond motifs is 5. The summed E-state index contributed by atoms with van der Waals surface area (Å²) in [5, 5.41) is 7.12. The van der Waals surface area contributed by atoms with Crippen LogP contribution in [0.25, 0.3) is 10.9 Å². The van der Waals surface area contributed by atoms with Gasteiger partial charge in [-0.2, -0.15) is 4.98 Å². The number of alkyl halides is 2. The van der Waals surface area contributed by atoms with Crippen molar-refractivity contribution in [3.8, 4) is 5.75 Å². The zero-order valence-corrected chi connectivity index (χ0v) is 22.7. The monoisotopic (exact) mass is 571 g/mol. The first-order valence-electron chi connectivity index (χ1n) is 13.4. The highest BCUT2D eigenvalue weighted by atomic mass is 35.5. The molecule has 2 unspecified atom stereocenters. The Balaban J connectivity index is 1.23. The van der Waals surface area contributed by atoms with Crippen molar-refractivity contribution in [3.63, 3.8) is 0 Å². The van der Waals surface area contributed by atoms with Gasteiger partial charge in [0.2, 0.25) is 17.6 Å². The lowest BCUT2D eigenvalue weighted by atomic mass is 9.88. The van der Waals surface area contributed by atoms with E-state index in [0.717, 1.165) is 6.42 Å². The van der Waals surface area contributed by atoms with Crippen LogP contribution in [0.4, 0.5) is 31.9 Å². The van der Waals surface area contributed by atoms with Gasteiger partial charge in [0.15, 0.2) is 12.4 Å². The van der Waals surface area contributed by atoms with E-state index in [2.05, 4.69) is 20.5 Å². The number of aromatic nitrogens is 3. The largest absolute Gasteiger partial charge is 0.480 e. The summed E-state index contributed by atoms with van der Waals surface area (Å²) in [5.74, 6) is -2.42. The minimum absolute atomic E-state index is 0.0625. The molecule has 2 bridgehead atoms. The Kier molecular flexibility index (Phi) is 5.64. The molecule has 1 aliphatic carbocycles. The van der Waals surface area contributed by atoms with Gasteiger partial charge in [0.25, 0.3) is 5.56 Å². The number of hydrogen-bond acceptors (Lipinski definition) is 8. The van der Waals surface area contributed by atoms with Crippen molar-refractivity contribution in [2.24, 2.45) is 13.0 Å². The molecule has 4 fully saturated rings. The number of carbonyl (C=O) groups is 1. The lowest BCUT2D eigenvalue weighted by molar-refractivity contribution is -0.131. The van der Waals surface area contributed by atoms with E-state index >= 15 is 0 Å². The summed E-state index contributed by atoms with van der Waals surface area (Å²) in [6, 6.07) is 4.49. The van der Waals surface area contributed by atoms with Crippen molar-refractivity contribution < 1.29 is 18.3 Å². The fraction of sp³-hybridized carbons (Fsp3) is 0.481. The Bertz CT molecular complexity index is 1600. The van der Waals surface area contributed by atoms with Gasteiger partial charge >= 0.3 is 5.92 Å². The molecule has 4 aliphatic heterocycles. The Morgan fingerprint density at radius 2 is 2.00 bits per heavy atom. The number of aryl methyl sites for hydroxylation is 1. The predicted octanol–water partition coefficient (Wildman–Crippen LogP) is 3.75. The standard InChI is InChI=1S/C27H28ClF2N7O3/c1-13(38)36-10-16-8-17(11-36)37(16)26-31-9-19(28)24(34-26)32-15-5-6-20-18(7-15)21-22(25(39)35(20)2)40-12-27(29,30)23(33-21)14-3-4-14/h5-7,9,14,16-17,23,33H,3-4,8,10-12H2,1-2H3,(H,31,32,34)/t16?,17?,23-/m0/s1. The van der Waals surface area contributed by atoms with Crippen LogP contribution in [0.15, 0.2) is 29.2 Å². The number of amides is 1. The molecule has 3 saturated heterocycles. The number of nitrogens with one attached hydrogen (secondary N) is 2. The zero-order chi connectivity index (χ0) is 27.9. The molecule has 40 heavy (non-hydrogen) atoms. The lowest BCUT2D eigenvalue weighted by Gasteiger charge is -2.56. The van der Waals surface area contributed by atoms with E-state index in [-0.39, 0.29) is 35.3 Å². The van der Waals surface area contributed by atoms with Gasteiger partial charge in [0.05, 0.1) is 35.5 Å². The fourth-order valence-electron chi connectivity index (χ4n) is 6.19. The molecule has 1 saturated carbocycles. The van der Waals surface area contributed by atoms with Crippen molar-refractivity contribution in [1.29, 1.82) is 0 Å². The SMILES string of the molecule is CC(=O)N1CC2CC(C1)N2c1ncc(Cl)c(Nc2ccc3c(c2)c2c(c(=O)n3C)OCC(F)(F)[C@H](C3CC3)N2)n1. The van der Waals surface area contributed by atoms with Crippen LogP contribution < -0.4 is 25.8 Å². The van der Waals surface area contributed by atoms with Crippen LogP contribution in [0, 0.1) is 5.92 Å². The molecular formula is C27H28ClF2N7O3. The van der Waals surface area contributed by atoms with Crippen molar-refractivity contribution in [1.82, 2.24) is 19.4 Å². The molecule has 2 N–H and O–H groups in total. The maximum absolute atomic E-state index is 15.0. The number of benzene rings is 1. The molecule has 210 valence electrons. The molecule has 0 spiro atoms. The van der Waals surface area contributed by atoms with Crippen molar-refractivity contribution in [2.45, 2.75) is 50.2 Å². The summed E-state index contributed by atoms with van der Waals surface area (Å²) < 4.78 is 36.8. The average molecular weight is 572 g/mol. The van der Waals surface area contributed by atoms with Gasteiger partial charge in [-0.1, -0.05) is 11.6 Å². The molecule has 3 atom stereocenters. The van der Waals surface area contributed by atoms with Crippen LogP contribution in [-0.4, -0.2) is 69.1 Å². The Labute approximate surface area is 233 Å². The average Bonchev–Trinajstić information content (AvgIpc) is 3.76. The van der Waals surface area contributed by atoms with Gasteiger partial charge < -0.3 is 29.7 Å². The normalized spacial score (nSPS) is 24.9. The molecule has 5 aliphatic rings. The highest BCUT2D eigenvalue weighted by Crippen LogP contribution is 2.46. The topological polar surface area (TPSA) is 105 Å². The number of pyridine rings is 1. The second kappa shape index (κ2) is 8.92. The van der Waals surface area contributed by atoms with E-state index < -0.39 is 24.1 Å². The molecular weight excluding hydrogens is 544 g/mol. The highest BCUT2D eigenvalue weighted by Gasteiger charge is 2.51. The first-order valence-corrected chi connectivity index (χ1v) is 13.8. The predicted molar refractivity (Wildman–Crippen MR) is 147 cm³/mol. The molecule has 13 heteroatoms. The molecule has 2 aromatic heterocycles. The van der Waals surface area contributed by atoms with Crippen LogP contribution in [-0.2, 0) is 11.8 Å². The second-order valence-corrected chi connectivity index (χ2v) is 11.6. The second-order valence-electron chi connectivity index (χ2n) is 11.2. The first kappa shape index (κ1) is 25.3. The minimum Gasteiger partial charge on any atom is -0.480 e. The molecule has 0 radical (unpaired) electrons. The Morgan fingerprint density at radius 1 is 1.25 bits per heavy atom. The van der Waals surface area contributed by atoms with Gasteiger partial charge in [-0.25, -0.2) is 13.8 Å². The number of carbonyl (C=O) groups excluding carboxylic acids is 1. The van der Waals surface area contributed by atoms with Crippen LogP contribution in [0.5, 0.6) is 5.75 Å². The van der Waals surface area contributed by atoms with E-state index in [1.54, 1.807) is 32.2 Å². The van der Waals surface area contributed by atoms with Crippen LogP contribution in [0.2, 0.25) is 5.02 Å². The molecule has 6 heterocycles. The number of anilines is 4. The first-order chi connectivity index (χ1) is 19.1. The Morgan fingerprint density at radius 3 is 2.70 bits per heavy atom. The van der Waals surface area contributed by atoms with Gasteiger partial charge in [-0.15, -0.1) is 0 Å². The number of piperidine rings is 1. The molecule has 8 rings (SSSR count). The van der Waals surface area contributed by atoms with E-state index in [9.17, 15) is 18.4 Å². The van der Waals surface area contributed by atoms with E-state index in [4.69, 9.17) is 21.3 Å². The third kappa shape index (κ3) is 4.03. The zero-order valence-electron chi connectivity index (χ0n) is 22.0. The van der Waals surface area contributed by atoms with E-state index in [0.29, 0.717) is 59.3 Å². The van der Waals surface area contributed by atoms with Crippen LogP contribution in [0.3, 0.4) is 0 Å². The molecule has 3 aromatic rings. The number of nitrogens with zero attached hydrogens (tertiary/aromatic N) is 5. The fourth-order valence-corrected chi connectivity index (χ4v) is 6.32. The van der Waals surface area contributed by atoms with Gasteiger partial charge in [-0.05, 0) is 43.4 Å². The summed E-state index contributed by atoms with van der Waals surface area (Å²) in [7, 11) is 1.59. The third-order valence-corrected chi connectivity index (χ3v) is 8.75. The smallest absolute Gasteiger partial charge is 0.301 e. The number of ether oxygens (including phenoxy) is 1. The Hall–Kier alpha value is -3.67. The van der Waals surface area contributed by atoms with E-state index in [1.165, 1.54) is 10.8 Å². The molecule has 10 nitrogen and oxygen atoms in total. The summed E-state index contributed by atoms with van der Waals surface area (Å²) >= 11 is 6.47. The van der Waals surface area contributed by atoms with E-state index in [1.807, 2.05) is 4.90 Å². The number of piperazine rings is 1. The molecule has 1 amide bonds. The summed E-state index contributed by atoms with van der Waals surface area (Å²) in [5.41, 5.74) is 0.971. The highest BCUT2D eigenvalue weighted by molar-refractivity contribution is 6.33. The van der Waals surface area contributed by atoms with Gasteiger partial charge in [0, 0.05) is 38.1 Å². The number of hydrogen-bond donors (Lipinski definition) is 2.